The molecule has 0 N–H and O–H groups in total. The molecule has 0 atom stereocenters. The van der Waals surface area contributed by atoms with Crippen LogP contribution < -0.4 is 42.5 Å². The Balaban J connectivity index is 0.0000000794. The first-order valence-electron chi connectivity index (χ1n) is 45.0. The summed E-state index contributed by atoms with van der Waals surface area (Å²) in [4.78, 5) is 8.84. The molecular weight excluding hydrogens is 1790 g/mol. The van der Waals surface area contributed by atoms with Crippen molar-refractivity contribution in [3.63, 3.8) is 0 Å². The minimum atomic E-state index is -1.46. The van der Waals surface area contributed by atoms with Gasteiger partial charge in [0.25, 0.3) is 22.6 Å². The average Bonchev–Trinajstić information content (AvgIpc) is 1.50. The van der Waals surface area contributed by atoms with Crippen LogP contribution in [0.3, 0.4) is 0 Å². The fraction of sp³-hybridized carbons (Fsp3) is 0.182. The van der Waals surface area contributed by atoms with Crippen LogP contribution in [0, 0.1) is 53.4 Å². The second-order valence-corrected chi connectivity index (χ2v) is 47.4. The Bertz CT molecular complexity index is 8970. The number of fused-ring (bicyclic) bond motifs is 10. The summed E-state index contributed by atoms with van der Waals surface area (Å²) in [5.74, 6) is 2.02. The number of hydrogen-bond acceptors (Lipinski definition) is 6. The predicted octanol–water partition coefficient (Wildman–Crippen LogP) is 20.2. The van der Waals surface area contributed by atoms with E-state index in [0.29, 0.717) is 13.2 Å². The number of pyridine rings is 5. The first-order valence-corrected chi connectivity index (χ1v) is 51.4. The van der Waals surface area contributed by atoms with E-state index >= 15 is 0 Å². The number of para-hydroxylation sites is 6. The Hall–Kier alpha value is -13.5. The molecule has 12 aromatic carbocycles. The maximum atomic E-state index is 6.06. The molecule has 0 spiro atoms. The van der Waals surface area contributed by atoms with Crippen molar-refractivity contribution in [2.24, 2.45) is 0 Å². The Labute approximate surface area is 752 Å². The van der Waals surface area contributed by atoms with Gasteiger partial charge in [0, 0.05) is 133 Å². The Morgan fingerprint density at radius 3 is 1.61 bits per heavy atom. The molecule has 21 heterocycles. The zero-order valence-electron chi connectivity index (χ0n) is 73.0. The van der Waals surface area contributed by atoms with Gasteiger partial charge in [0.05, 0.1) is 35.3 Å². The number of furan rings is 1. The molecule has 10 aliphatic rings. The number of nitrogens with zero attached hydrogens (tertiary/aromatic N) is 12. The minimum Gasteiger partial charge on any atom is -0.514 e. The van der Waals surface area contributed by atoms with Crippen molar-refractivity contribution in [1.82, 2.24) is 32.6 Å². The number of anilines is 1. The van der Waals surface area contributed by atoms with Gasteiger partial charge in [0.2, 0.25) is 0 Å². The molecule has 23 aromatic rings. The number of imidazole rings is 5. The first-order chi connectivity index (χ1) is 62.0. The van der Waals surface area contributed by atoms with Gasteiger partial charge in [0.1, 0.15) is 85.6 Å². The Morgan fingerprint density at radius 2 is 0.945 bits per heavy atom. The number of aromatic nitrogens is 10. The molecule has 33 rings (SSSR count). The van der Waals surface area contributed by atoms with E-state index in [2.05, 4.69) is 295 Å². The molecule has 0 unspecified atom stereocenters. The maximum absolute atomic E-state index is 6.06. The predicted molar refractivity (Wildman–Crippen MR) is 513 cm³/mol. The van der Waals surface area contributed by atoms with Crippen LogP contribution in [0.1, 0.15) is 84.5 Å². The molecule has 0 saturated carbocycles. The van der Waals surface area contributed by atoms with Gasteiger partial charge in [-0.1, -0.05) is 213 Å². The van der Waals surface area contributed by atoms with Crippen molar-refractivity contribution in [2.75, 3.05) is 11.9 Å². The average molecular weight is 1880 g/mol. The van der Waals surface area contributed by atoms with E-state index in [1.54, 1.807) is 21.8 Å². The van der Waals surface area contributed by atoms with E-state index < -0.39 is 16.1 Å². The number of aryl methyl sites for hydroxylation is 3. The molecule has 11 aromatic heterocycles. The molecule has 128 heavy (non-hydrogen) atoms. The molecule has 0 amide bonds. The van der Waals surface area contributed by atoms with Crippen LogP contribution in [0.2, 0.25) is 26.2 Å². The van der Waals surface area contributed by atoms with Crippen molar-refractivity contribution in [2.45, 2.75) is 125 Å². The van der Waals surface area contributed by atoms with Crippen LogP contribution in [-0.2, 0) is 84.4 Å². The largest absolute Gasteiger partial charge is 3.00 e. The Kier molecular flexibility index (Phi) is 15.4. The van der Waals surface area contributed by atoms with Crippen molar-refractivity contribution in [1.29, 1.82) is 0 Å². The topological polar surface area (TPSA) is 91.5 Å². The monoisotopic (exact) mass is 1870 g/mol. The second kappa shape index (κ2) is 26.4. The van der Waals surface area contributed by atoms with Gasteiger partial charge in [-0.2, -0.15) is 42.5 Å². The summed E-state index contributed by atoms with van der Waals surface area (Å²) in [6.07, 6.45) is 6.19. The van der Waals surface area contributed by atoms with Crippen molar-refractivity contribution >= 4 is 191 Å². The molecule has 18 heteroatoms. The normalized spacial score (nSPS) is 15.5. The number of rotatable bonds is 1. The van der Waals surface area contributed by atoms with Gasteiger partial charge in [-0.05, 0) is 85.2 Å². The van der Waals surface area contributed by atoms with E-state index in [0.717, 1.165) is 95.0 Å². The summed E-state index contributed by atoms with van der Waals surface area (Å²) in [6.45, 7) is 28.6. The summed E-state index contributed by atoms with van der Waals surface area (Å²) in [6, 6.07) is 88.1. The molecular formula is C110H89IrN12O3Si2+4. The number of benzene rings is 12. The van der Waals surface area contributed by atoms with E-state index in [1.165, 1.54) is 205 Å². The van der Waals surface area contributed by atoms with Gasteiger partial charge in [0.15, 0.2) is 34.8 Å². The van der Waals surface area contributed by atoms with Crippen molar-refractivity contribution in [3.05, 3.63) is 334 Å². The van der Waals surface area contributed by atoms with Crippen molar-refractivity contribution < 1.29 is 51.6 Å². The fourth-order valence-corrected chi connectivity index (χ4v) is 31.1. The van der Waals surface area contributed by atoms with E-state index in [9.17, 15) is 0 Å². The summed E-state index contributed by atoms with van der Waals surface area (Å²) < 4.78 is 40.4. The third-order valence-corrected chi connectivity index (χ3v) is 36.5. The number of hydrogen-bond donors (Lipinski definition) is 0. The fourth-order valence-electron chi connectivity index (χ4n) is 24.8. The molecule has 10 aliphatic heterocycles. The first kappa shape index (κ1) is 74.7. The van der Waals surface area contributed by atoms with Gasteiger partial charge in [-0.25, -0.2) is 18.3 Å². The van der Waals surface area contributed by atoms with Gasteiger partial charge in [-0.15, -0.1) is 29.7 Å². The van der Waals surface area contributed by atoms with Gasteiger partial charge >= 0.3 is 26.0 Å². The quantitative estimate of drug-likeness (QED) is 0.0704. The summed E-state index contributed by atoms with van der Waals surface area (Å²) in [5.41, 5.74) is 37.2. The van der Waals surface area contributed by atoms with Crippen LogP contribution in [0.4, 0.5) is 5.69 Å². The molecule has 15 nitrogen and oxygen atoms in total. The smallest absolute Gasteiger partial charge is 0.514 e. The van der Waals surface area contributed by atoms with Crippen molar-refractivity contribution in [3.8, 4) is 11.6 Å². The van der Waals surface area contributed by atoms with Crippen LogP contribution in [-0.4, -0.2) is 55.7 Å². The molecule has 0 fully saturated rings. The Morgan fingerprint density at radius 1 is 0.414 bits per heavy atom. The van der Waals surface area contributed by atoms with Crippen LogP contribution >= 0.6 is 0 Å². The zero-order chi connectivity index (χ0) is 84.5. The minimum absolute atomic E-state index is 0. The van der Waals surface area contributed by atoms with Gasteiger partial charge in [-0.3, -0.25) is 4.98 Å². The molecule has 620 valence electrons. The third-order valence-electron chi connectivity index (χ3n) is 30.3. The number of ether oxygens (including phenoxy) is 2. The van der Waals surface area contributed by atoms with E-state index in [4.69, 9.17) is 18.9 Å². The molecule has 0 radical (unpaired) electrons. The second-order valence-electron chi connectivity index (χ2n) is 38.1. The van der Waals surface area contributed by atoms with Gasteiger partial charge < -0.3 is 28.1 Å². The summed E-state index contributed by atoms with van der Waals surface area (Å²) in [5, 5.41) is 26.1. The molecule has 0 aliphatic carbocycles. The summed E-state index contributed by atoms with van der Waals surface area (Å²) >= 11 is 0. The van der Waals surface area contributed by atoms with Crippen LogP contribution in [0.25, 0.3) is 159 Å². The van der Waals surface area contributed by atoms with E-state index in [-0.39, 0.29) is 20.1 Å². The zero-order valence-corrected chi connectivity index (χ0v) is 77.4. The SMILES string of the molecule is CN1C=CN(c2[c-]ccc3c2oc2ccccc23)[CH-]1.Cc1c2[n+]3c4c(cccc4c4cccc5c4c3n1C5)CO2.Cc1c2[n+]3c4c(cccc4c4cccc5c4c3n1C5)C[Si]2(C)C.Cc1c2[n+]3c4c(cccc4c4cccc5c4c3n1C5)OC2.Cc1c2[n+]3c4c(cccc4c4cccc5c4c3n1C5)[Si](C)(C)C2.Cc1nc2c3[c-]cccc3c3cccc4c3n2c1CC4.[Ir+3]. The molecule has 0 bridgehead atoms. The molecule has 0 saturated heterocycles. The van der Waals surface area contributed by atoms with Crippen LogP contribution in [0.15, 0.2) is 235 Å². The summed E-state index contributed by atoms with van der Waals surface area (Å²) in [7, 11) is -0.897. The maximum Gasteiger partial charge on any atom is 3.00 e. The van der Waals surface area contributed by atoms with E-state index in [1.807, 2.05) is 72.3 Å². The van der Waals surface area contributed by atoms with Crippen LogP contribution in [0.5, 0.6) is 11.6 Å². The third kappa shape index (κ3) is 9.77. The standard InChI is InChI=1S/2C20H19N2Si.2C18H13N2O.C18H13N2.C16H12N2O.Ir/c1-12-20-22-18-14(11-23(20,2)3)7-5-9-16(18)15-8-4-6-13-10-21(12)19(22)17(13)15;1-12-16-11-23(2,3)17-9-5-8-15-14-7-4-6-13-10-21(12)20(18(13)14)22(16)19(15)17;1-10-18-20-16-12(9-21-18)5-3-7-14(16)13-6-2-4-11-8-19(10)17(20)15(11)13;1-10-14-9-21-15-7-3-6-13-12-5-2-4-11-8-19(10)18(16(11)12)20(14)17(13)15;1-11-16-10-9-12-5-4-8-14-13-6-2-3-7-15(13)18(19-11)20(16)17(12)14;1-17-9-10-18(11-17)14-7-4-6-13-12-5-2-3-8-15(12)19-16(13)14;/h2*4-9H,10-11H2,1-3H3;2*2-7H,8-9H2,1H3;2-6,8H,9-10H2,1H3;2-6,8-11H,1H3;/q4*+1;-1;-2;+3.